The van der Waals surface area contributed by atoms with E-state index in [1.807, 2.05) is 38.1 Å². The van der Waals surface area contributed by atoms with Crippen molar-refractivity contribution < 1.29 is 17.9 Å². The van der Waals surface area contributed by atoms with Crippen LogP contribution in [-0.2, 0) is 11.9 Å². The first-order valence-electron chi connectivity index (χ1n) is 8.83. The van der Waals surface area contributed by atoms with E-state index in [1.54, 1.807) is 13.2 Å². The minimum Gasteiger partial charge on any atom is -0.495 e. The number of methoxy groups -OCH3 is 1. The van der Waals surface area contributed by atoms with E-state index in [1.165, 1.54) is 17.8 Å². The average Bonchev–Trinajstić information content (AvgIpc) is 2.65. The van der Waals surface area contributed by atoms with E-state index >= 15 is 0 Å². The number of alkyl halides is 3. The molecule has 2 aromatic carbocycles. The van der Waals surface area contributed by atoms with Crippen LogP contribution in [0.15, 0.2) is 42.5 Å². The quantitative estimate of drug-likeness (QED) is 0.502. The molecule has 0 aliphatic heterocycles. The highest BCUT2D eigenvalue weighted by Crippen LogP contribution is 2.39. The fourth-order valence-corrected chi connectivity index (χ4v) is 3.78. The third-order valence-electron chi connectivity index (χ3n) is 4.42. The Hall–Kier alpha value is -2.41. The smallest absolute Gasteiger partial charge is 0.416 e. The topological polar surface area (TPSA) is 34.2 Å². The predicted octanol–water partition coefficient (Wildman–Crippen LogP) is 6.57. The van der Waals surface area contributed by atoms with Gasteiger partial charge in [-0.3, -0.25) is 0 Å². The maximum atomic E-state index is 13.5. The molecule has 0 saturated heterocycles. The Morgan fingerprint density at radius 2 is 1.82 bits per heavy atom. The van der Waals surface area contributed by atoms with Crippen molar-refractivity contribution in [3.8, 4) is 5.75 Å². The molecule has 3 rings (SSSR count). The Morgan fingerprint density at radius 3 is 2.50 bits per heavy atom. The van der Waals surface area contributed by atoms with Crippen LogP contribution in [0.5, 0.6) is 5.75 Å². The monoisotopic (exact) mass is 406 g/mol. The Morgan fingerprint density at radius 1 is 1.11 bits per heavy atom. The number of benzene rings is 2. The van der Waals surface area contributed by atoms with E-state index in [9.17, 15) is 13.2 Å². The van der Waals surface area contributed by atoms with Crippen LogP contribution >= 0.6 is 11.8 Å². The Labute approximate surface area is 166 Å². The van der Waals surface area contributed by atoms with Gasteiger partial charge in [0.05, 0.1) is 23.9 Å². The standard InChI is InChI=1S/C21H21F3N2OS/c1-4-28-12-15-16(21(22,23)24)7-5-8-19(15)26-18-10-6-9-17-14(18)11-20(27-3)13(2)25-17/h5-11,26H,4,12H2,1-3H3. The lowest BCUT2D eigenvalue weighted by atomic mass is 10.1. The number of ether oxygens (including phenoxy) is 1. The molecule has 0 aliphatic rings. The van der Waals surface area contributed by atoms with E-state index in [4.69, 9.17) is 4.74 Å². The van der Waals surface area contributed by atoms with E-state index < -0.39 is 11.7 Å². The van der Waals surface area contributed by atoms with Gasteiger partial charge in [0.25, 0.3) is 0 Å². The van der Waals surface area contributed by atoms with E-state index in [0.717, 1.165) is 28.4 Å². The molecule has 0 radical (unpaired) electrons. The van der Waals surface area contributed by atoms with Gasteiger partial charge in [0.1, 0.15) is 5.75 Å². The molecule has 0 amide bonds. The van der Waals surface area contributed by atoms with Crippen molar-refractivity contribution >= 4 is 34.0 Å². The Kier molecular flexibility index (Phi) is 6.03. The van der Waals surface area contributed by atoms with Gasteiger partial charge in [0.2, 0.25) is 0 Å². The molecule has 0 unspecified atom stereocenters. The second-order valence-corrected chi connectivity index (χ2v) is 7.51. The molecule has 3 aromatic rings. The number of aryl methyl sites for hydroxylation is 1. The molecule has 0 saturated carbocycles. The molecule has 28 heavy (non-hydrogen) atoms. The van der Waals surface area contributed by atoms with E-state index in [-0.39, 0.29) is 11.3 Å². The summed E-state index contributed by atoms with van der Waals surface area (Å²) in [7, 11) is 1.57. The molecule has 0 atom stereocenters. The lowest BCUT2D eigenvalue weighted by Crippen LogP contribution is -2.10. The average molecular weight is 406 g/mol. The number of hydrogen-bond donors (Lipinski definition) is 1. The van der Waals surface area contributed by atoms with Crippen molar-refractivity contribution in [3.05, 3.63) is 59.3 Å². The third kappa shape index (κ3) is 4.19. The van der Waals surface area contributed by atoms with Gasteiger partial charge >= 0.3 is 6.18 Å². The van der Waals surface area contributed by atoms with E-state index in [2.05, 4.69) is 10.3 Å². The zero-order valence-electron chi connectivity index (χ0n) is 15.9. The molecule has 1 heterocycles. The van der Waals surface area contributed by atoms with Gasteiger partial charge in [-0.15, -0.1) is 0 Å². The van der Waals surface area contributed by atoms with Crippen LogP contribution < -0.4 is 10.1 Å². The van der Waals surface area contributed by atoms with Crippen molar-refractivity contribution in [1.82, 2.24) is 4.98 Å². The SMILES string of the molecule is CCSCc1c(Nc2cccc3nc(C)c(OC)cc23)cccc1C(F)(F)F. The maximum absolute atomic E-state index is 13.5. The fourth-order valence-electron chi connectivity index (χ4n) is 3.06. The zero-order valence-corrected chi connectivity index (χ0v) is 16.7. The summed E-state index contributed by atoms with van der Waals surface area (Å²) in [5.41, 5.74) is 2.29. The molecule has 1 aromatic heterocycles. The number of hydrogen-bond acceptors (Lipinski definition) is 4. The molecule has 0 bridgehead atoms. The summed E-state index contributed by atoms with van der Waals surface area (Å²) < 4.78 is 45.9. The summed E-state index contributed by atoms with van der Waals surface area (Å²) in [4.78, 5) is 4.53. The van der Waals surface area contributed by atoms with Crippen LogP contribution in [0.1, 0.15) is 23.7 Å². The van der Waals surface area contributed by atoms with Crippen LogP contribution in [0.3, 0.4) is 0 Å². The summed E-state index contributed by atoms with van der Waals surface area (Å²) in [6, 6.07) is 11.6. The van der Waals surface area contributed by atoms with Crippen LogP contribution in [0.2, 0.25) is 0 Å². The number of nitrogens with one attached hydrogen (secondary N) is 1. The first-order valence-corrected chi connectivity index (χ1v) is 9.98. The summed E-state index contributed by atoms with van der Waals surface area (Å²) >= 11 is 1.46. The largest absolute Gasteiger partial charge is 0.495 e. The minimum atomic E-state index is -4.40. The van der Waals surface area contributed by atoms with Crippen LogP contribution in [0, 0.1) is 6.92 Å². The summed E-state index contributed by atoms with van der Waals surface area (Å²) in [5, 5.41) is 3.99. The van der Waals surface area contributed by atoms with Gasteiger partial charge in [-0.2, -0.15) is 24.9 Å². The Balaban J connectivity index is 2.11. The number of thioether (sulfide) groups is 1. The van der Waals surface area contributed by atoms with Gasteiger partial charge in [0.15, 0.2) is 0 Å². The molecule has 0 fully saturated rings. The number of nitrogens with zero attached hydrogens (tertiary/aromatic N) is 1. The van der Waals surface area contributed by atoms with Crippen molar-refractivity contribution in [2.24, 2.45) is 0 Å². The minimum absolute atomic E-state index is 0.255. The summed E-state index contributed by atoms with van der Waals surface area (Å²) in [6.45, 7) is 3.78. The highest BCUT2D eigenvalue weighted by molar-refractivity contribution is 7.98. The van der Waals surface area contributed by atoms with Crippen LogP contribution in [0.25, 0.3) is 10.9 Å². The predicted molar refractivity (Wildman–Crippen MR) is 110 cm³/mol. The molecular weight excluding hydrogens is 385 g/mol. The van der Waals surface area contributed by atoms with Crippen molar-refractivity contribution in [2.75, 3.05) is 18.2 Å². The molecule has 3 nitrogen and oxygen atoms in total. The summed E-state index contributed by atoms with van der Waals surface area (Å²) in [5.74, 6) is 1.65. The molecule has 0 aliphatic carbocycles. The van der Waals surface area contributed by atoms with Gasteiger partial charge in [0, 0.05) is 22.5 Å². The number of fused-ring (bicyclic) bond motifs is 1. The lowest BCUT2D eigenvalue weighted by molar-refractivity contribution is -0.138. The van der Waals surface area contributed by atoms with Crippen molar-refractivity contribution in [2.45, 2.75) is 25.8 Å². The molecule has 0 spiro atoms. The van der Waals surface area contributed by atoms with Crippen molar-refractivity contribution in [3.63, 3.8) is 0 Å². The number of anilines is 2. The molecular formula is C21H21F3N2OS. The lowest BCUT2D eigenvalue weighted by Gasteiger charge is -2.19. The fraction of sp³-hybridized carbons (Fsp3) is 0.286. The molecule has 148 valence electrons. The first kappa shape index (κ1) is 20.3. The first-order chi connectivity index (χ1) is 13.3. The van der Waals surface area contributed by atoms with Crippen LogP contribution in [-0.4, -0.2) is 17.8 Å². The maximum Gasteiger partial charge on any atom is 0.416 e. The molecule has 7 heteroatoms. The van der Waals surface area contributed by atoms with Gasteiger partial charge < -0.3 is 10.1 Å². The van der Waals surface area contributed by atoms with Gasteiger partial charge in [-0.1, -0.05) is 19.1 Å². The number of rotatable bonds is 6. The molecule has 1 N–H and O–H groups in total. The van der Waals surface area contributed by atoms with Crippen LogP contribution in [0.4, 0.5) is 24.5 Å². The third-order valence-corrected chi connectivity index (χ3v) is 5.33. The normalized spacial score (nSPS) is 11.6. The number of halogens is 3. The van der Waals surface area contributed by atoms with Crippen molar-refractivity contribution in [1.29, 1.82) is 0 Å². The second kappa shape index (κ2) is 8.31. The number of pyridine rings is 1. The zero-order chi connectivity index (χ0) is 20.3. The van der Waals surface area contributed by atoms with Gasteiger partial charge in [-0.05, 0) is 48.6 Å². The van der Waals surface area contributed by atoms with E-state index in [0.29, 0.717) is 17.1 Å². The van der Waals surface area contributed by atoms with Gasteiger partial charge in [-0.25, -0.2) is 4.98 Å². The Bertz CT molecular complexity index is 989. The highest BCUT2D eigenvalue weighted by atomic mass is 32.2. The number of aromatic nitrogens is 1. The summed E-state index contributed by atoms with van der Waals surface area (Å²) in [6.07, 6.45) is -4.40. The second-order valence-electron chi connectivity index (χ2n) is 6.24. The highest BCUT2D eigenvalue weighted by Gasteiger charge is 2.34.